The summed E-state index contributed by atoms with van der Waals surface area (Å²) in [6.45, 7) is 5.43. The summed E-state index contributed by atoms with van der Waals surface area (Å²) in [6, 6.07) is 0. The molecule has 0 atom stereocenters. The molecule has 0 aliphatic heterocycles. The number of hydrogen-bond acceptors (Lipinski definition) is 3. The van der Waals surface area contributed by atoms with Crippen LogP contribution in [0.25, 0.3) is 0 Å². The van der Waals surface area contributed by atoms with Crippen molar-refractivity contribution >= 4 is 6.29 Å². The first kappa shape index (κ1) is 10.9. The van der Waals surface area contributed by atoms with E-state index >= 15 is 0 Å². The highest BCUT2D eigenvalue weighted by atomic mass is 16.5. The van der Waals surface area contributed by atoms with Crippen molar-refractivity contribution in [3.05, 3.63) is 17.5 Å². The number of nitrogens with zero attached hydrogens (tertiary/aromatic N) is 2. The van der Waals surface area contributed by atoms with Crippen LogP contribution in [0.2, 0.25) is 0 Å². The maximum Gasteiger partial charge on any atom is 0.153 e. The smallest absolute Gasteiger partial charge is 0.153 e. The molecule has 0 unspecified atom stereocenters. The zero-order chi connectivity index (χ0) is 10.6. The second-order valence-corrected chi connectivity index (χ2v) is 3.70. The van der Waals surface area contributed by atoms with Gasteiger partial charge in [-0.3, -0.25) is 9.48 Å². The lowest BCUT2D eigenvalue weighted by atomic mass is 10.2. The van der Waals surface area contributed by atoms with Gasteiger partial charge >= 0.3 is 0 Å². The Kier molecular flexibility index (Phi) is 3.83. The predicted octanol–water partition coefficient (Wildman–Crippen LogP) is 1.50. The van der Waals surface area contributed by atoms with E-state index in [4.69, 9.17) is 4.74 Å². The largest absolute Gasteiger partial charge is 0.378 e. The molecule has 1 aromatic heterocycles. The van der Waals surface area contributed by atoms with Gasteiger partial charge in [-0.15, -0.1) is 0 Å². The van der Waals surface area contributed by atoms with Gasteiger partial charge in [0, 0.05) is 19.9 Å². The molecule has 0 aliphatic rings. The fourth-order valence-electron chi connectivity index (χ4n) is 1.29. The Morgan fingerprint density at radius 2 is 2.36 bits per heavy atom. The van der Waals surface area contributed by atoms with Crippen molar-refractivity contribution in [2.75, 3.05) is 7.11 Å². The lowest BCUT2D eigenvalue weighted by molar-refractivity contribution is 0.111. The molecule has 0 fully saturated rings. The number of rotatable bonds is 5. The van der Waals surface area contributed by atoms with Gasteiger partial charge in [-0.25, -0.2) is 0 Å². The second kappa shape index (κ2) is 4.91. The third-order valence-corrected chi connectivity index (χ3v) is 1.83. The monoisotopic (exact) mass is 196 g/mol. The molecule has 14 heavy (non-hydrogen) atoms. The SMILES string of the molecule is COCc1nn(CC(C)C)cc1C=O. The number of hydrogen-bond donors (Lipinski definition) is 0. The van der Waals surface area contributed by atoms with Gasteiger partial charge in [0.25, 0.3) is 0 Å². The van der Waals surface area contributed by atoms with Crippen LogP contribution in [0.4, 0.5) is 0 Å². The summed E-state index contributed by atoms with van der Waals surface area (Å²) in [4.78, 5) is 10.7. The summed E-state index contributed by atoms with van der Waals surface area (Å²) in [5, 5.41) is 4.27. The normalized spacial score (nSPS) is 10.9. The molecular formula is C10H16N2O2. The Hall–Kier alpha value is -1.16. The molecule has 4 heteroatoms. The summed E-state index contributed by atoms with van der Waals surface area (Å²) in [7, 11) is 1.59. The van der Waals surface area contributed by atoms with Crippen molar-refractivity contribution in [2.24, 2.45) is 5.92 Å². The Bertz CT molecular complexity index is 305. The zero-order valence-corrected chi connectivity index (χ0v) is 8.86. The molecule has 0 saturated heterocycles. The minimum Gasteiger partial charge on any atom is -0.378 e. The molecule has 0 N–H and O–H groups in total. The molecular weight excluding hydrogens is 180 g/mol. The Morgan fingerprint density at radius 3 is 2.86 bits per heavy atom. The number of carbonyl (C=O) groups is 1. The van der Waals surface area contributed by atoms with Crippen LogP contribution in [-0.2, 0) is 17.9 Å². The van der Waals surface area contributed by atoms with Crippen LogP contribution >= 0.6 is 0 Å². The number of ether oxygens (including phenoxy) is 1. The number of aromatic nitrogens is 2. The van der Waals surface area contributed by atoms with Gasteiger partial charge in [-0.05, 0) is 5.92 Å². The molecule has 0 aliphatic carbocycles. The standard InChI is InChI=1S/C10H16N2O2/c1-8(2)4-12-5-9(6-13)10(11-12)7-14-3/h5-6,8H,4,7H2,1-3H3. The van der Waals surface area contributed by atoms with Gasteiger partial charge in [0.05, 0.1) is 17.9 Å². The molecule has 0 radical (unpaired) electrons. The third kappa shape index (κ3) is 2.67. The van der Waals surface area contributed by atoms with E-state index in [0.717, 1.165) is 12.8 Å². The Labute approximate surface area is 83.9 Å². The first-order valence-electron chi connectivity index (χ1n) is 4.67. The van der Waals surface area contributed by atoms with Gasteiger partial charge in [0.1, 0.15) is 0 Å². The van der Waals surface area contributed by atoms with Crippen molar-refractivity contribution in [3.8, 4) is 0 Å². The van der Waals surface area contributed by atoms with Crippen molar-refractivity contribution in [2.45, 2.75) is 27.0 Å². The van der Waals surface area contributed by atoms with Crippen LogP contribution in [-0.4, -0.2) is 23.2 Å². The van der Waals surface area contributed by atoms with Crippen LogP contribution in [0.1, 0.15) is 29.9 Å². The summed E-state index contributed by atoms with van der Waals surface area (Å²) in [5.41, 5.74) is 1.33. The maximum absolute atomic E-state index is 10.7. The summed E-state index contributed by atoms with van der Waals surface area (Å²) >= 11 is 0. The van der Waals surface area contributed by atoms with E-state index in [0.29, 0.717) is 23.8 Å². The van der Waals surface area contributed by atoms with Gasteiger partial charge in [0.2, 0.25) is 0 Å². The van der Waals surface area contributed by atoms with Gasteiger partial charge in [0.15, 0.2) is 6.29 Å². The second-order valence-electron chi connectivity index (χ2n) is 3.70. The Balaban J connectivity index is 2.83. The summed E-state index contributed by atoms with van der Waals surface area (Å²) in [5.74, 6) is 0.518. The first-order valence-corrected chi connectivity index (χ1v) is 4.67. The zero-order valence-electron chi connectivity index (χ0n) is 8.86. The fraction of sp³-hybridized carbons (Fsp3) is 0.600. The van der Waals surface area contributed by atoms with Crippen LogP contribution in [0.3, 0.4) is 0 Å². The van der Waals surface area contributed by atoms with Crippen molar-refractivity contribution in [1.82, 2.24) is 9.78 Å². The third-order valence-electron chi connectivity index (χ3n) is 1.83. The minimum absolute atomic E-state index is 0.388. The van der Waals surface area contributed by atoms with E-state index in [9.17, 15) is 4.79 Å². The van der Waals surface area contributed by atoms with E-state index in [2.05, 4.69) is 18.9 Å². The molecule has 0 spiro atoms. The quantitative estimate of drug-likeness (QED) is 0.670. The topological polar surface area (TPSA) is 44.1 Å². The van der Waals surface area contributed by atoms with Gasteiger partial charge in [-0.1, -0.05) is 13.8 Å². The molecule has 1 aromatic rings. The van der Waals surface area contributed by atoms with E-state index in [1.54, 1.807) is 18.0 Å². The van der Waals surface area contributed by atoms with Crippen LogP contribution in [0, 0.1) is 5.92 Å². The fourth-order valence-corrected chi connectivity index (χ4v) is 1.29. The maximum atomic E-state index is 10.7. The van der Waals surface area contributed by atoms with E-state index in [1.165, 1.54) is 0 Å². The highest BCUT2D eigenvalue weighted by Gasteiger charge is 2.08. The van der Waals surface area contributed by atoms with Crippen LogP contribution in [0.15, 0.2) is 6.20 Å². The summed E-state index contributed by atoms with van der Waals surface area (Å²) in [6.07, 6.45) is 2.58. The lowest BCUT2D eigenvalue weighted by Gasteiger charge is -2.03. The molecule has 78 valence electrons. The highest BCUT2D eigenvalue weighted by molar-refractivity contribution is 5.75. The molecule has 0 amide bonds. The van der Waals surface area contributed by atoms with Crippen LogP contribution in [0.5, 0.6) is 0 Å². The molecule has 1 rings (SSSR count). The molecule has 1 heterocycles. The summed E-state index contributed by atoms with van der Waals surface area (Å²) < 4.78 is 6.75. The van der Waals surface area contributed by atoms with Crippen molar-refractivity contribution < 1.29 is 9.53 Å². The van der Waals surface area contributed by atoms with Gasteiger partial charge in [-0.2, -0.15) is 5.10 Å². The number of methoxy groups -OCH3 is 1. The number of carbonyl (C=O) groups excluding carboxylic acids is 1. The minimum atomic E-state index is 0.388. The molecule has 0 bridgehead atoms. The average molecular weight is 196 g/mol. The molecule has 0 aromatic carbocycles. The lowest BCUT2D eigenvalue weighted by Crippen LogP contribution is -2.05. The highest BCUT2D eigenvalue weighted by Crippen LogP contribution is 2.07. The van der Waals surface area contributed by atoms with Gasteiger partial charge < -0.3 is 4.74 Å². The van der Waals surface area contributed by atoms with E-state index in [-0.39, 0.29) is 0 Å². The van der Waals surface area contributed by atoms with Crippen molar-refractivity contribution in [1.29, 1.82) is 0 Å². The van der Waals surface area contributed by atoms with Crippen LogP contribution < -0.4 is 0 Å². The predicted molar refractivity (Wildman–Crippen MR) is 53.2 cm³/mol. The average Bonchev–Trinajstić information content (AvgIpc) is 2.47. The first-order chi connectivity index (χ1) is 6.67. The van der Waals surface area contributed by atoms with E-state index < -0.39 is 0 Å². The van der Waals surface area contributed by atoms with Crippen molar-refractivity contribution in [3.63, 3.8) is 0 Å². The van der Waals surface area contributed by atoms with E-state index in [1.807, 2.05) is 0 Å². The Morgan fingerprint density at radius 1 is 1.64 bits per heavy atom. The molecule has 4 nitrogen and oxygen atoms in total. The number of aldehydes is 1. The molecule has 0 saturated carbocycles.